The highest BCUT2D eigenvalue weighted by Gasteiger charge is 2.45. The van der Waals surface area contributed by atoms with E-state index < -0.39 is 5.60 Å². The fraction of sp³-hybridized carbons (Fsp3) is 1.00. The summed E-state index contributed by atoms with van der Waals surface area (Å²) in [4.78, 5) is 2.46. The quantitative estimate of drug-likeness (QED) is 0.759. The Bertz CT molecular complexity index is 270. The molecule has 3 rings (SSSR count). The average Bonchev–Trinajstić information content (AvgIpc) is 2.27. The third-order valence-electron chi connectivity index (χ3n) is 4.84. The lowest BCUT2D eigenvalue weighted by Gasteiger charge is -2.53. The van der Waals surface area contributed by atoms with Crippen LogP contribution in [0.2, 0.25) is 0 Å². The Morgan fingerprint density at radius 2 is 1.88 bits per heavy atom. The van der Waals surface area contributed by atoms with Crippen LogP contribution in [0.25, 0.3) is 0 Å². The van der Waals surface area contributed by atoms with Crippen molar-refractivity contribution in [2.75, 3.05) is 19.7 Å². The maximum Gasteiger partial charge on any atom is 0.0872 e. The molecule has 1 spiro atoms. The van der Waals surface area contributed by atoms with Gasteiger partial charge in [0.1, 0.15) is 0 Å². The summed E-state index contributed by atoms with van der Waals surface area (Å²) in [6.45, 7) is 4.57. The molecule has 1 unspecified atom stereocenters. The lowest BCUT2D eigenvalue weighted by Crippen LogP contribution is -2.65. The van der Waals surface area contributed by atoms with E-state index in [9.17, 15) is 5.11 Å². The van der Waals surface area contributed by atoms with Gasteiger partial charge in [0.15, 0.2) is 0 Å². The van der Waals surface area contributed by atoms with Gasteiger partial charge in [-0.05, 0) is 32.6 Å². The number of ether oxygens (including phenoxy) is 1. The maximum atomic E-state index is 9.84. The van der Waals surface area contributed by atoms with E-state index in [0.29, 0.717) is 6.04 Å². The molecule has 17 heavy (non-hydrogen) atoms. The number of rotatable bonds is 1. The number of nitrogens with zero attached hydrogens (tertiary/aromatic N) is 1. The third kappa shape index (κ3) is 2.38. The van der Waals surface area contributed by atoms with E-state index in [0.717, 1.165) is 26.1 Å². The fourth-order valence-electron chi connectivity index (χ4n) is 3.95. The summed E-state index contributed by atoms with van der Waals surface area (Å²) in [5.74, 6) is 0. The van der Waals surface area contributed by atoms with Gasteiger partial charge in [0.05, 0.1) is 11.2 Å². The summed E-state index contributed by atoms with van der Waals surface area (Å²) in [6.07, 6.45) is 8.92. The molecule has 98 valence electrons. The first-order valence-corrected chi connectivity index (χ1v) is 7.19. The van der Waals surface area contributed by atoms with Gasteiger partial charge in [-0.1, -0.05) is 19.3 Å². The van der Waals surface area contributed by atoms with Crippen LogP contribution in [0.3, 0.4) is 0 Å². The smallest absolute Gasteiger partial charge is 0.0872 e. The second kappa shape index (κ2) is 4.22. The molecule has 0 aromatic carbocycles. The highest BCUT2D eigenvalue weighted by molar-refractivity contribution is 4.99. The van der Waals surface area contributed by atoms with Crippen molar-refractivity contribution in [2.24, 2.45) is 0 Å². The van der Waals surface area contributed by atoms with Gasteiger partial charge < -0.3 is 9.84 Å². The van der Waals surface area contributed by atoms with E-state index in [4.69, 9.17) is 4.74 Å². The van der Waals surface area contributed by atoms with Gasteiger partial charge in [-0.3, -0.25) is 4.90 Å². The number of β-amino-alcohol motifs (C(OH)–C–C–N with tert-alkyl or cyclic N) is 1. The van der Waals surface area contributed by atoms with Crippen LogP contribution in [0.4, 0.5) is 0 Å². The number of aliphatic hydroxyl groups is 1. The van der Waals surface area contributed by atoms with E-state index in [1.807, 2.05) is 6.92 Å². The van der Waals surface area contributed by atoms with Crippen LogP contribution in [0.5, 0.6) is 0 Å². The molecule has 0 aromatic rings. The largest absolute Gasteiger partial charge is 0.388 e. The molecule has 2 heterocycles. The van der Waals surface area contributed by atoms with Crippen molar-refractivity contribution in [1.29, 1.82) is 0 Å². The van der Waals surface area contributed by atoms with E-state index >= 15 is 0 Å². The van der Waals surface area contributed by atoms with Crippen LogP contribution in [-0.2, 0) is 4.74 Å². The topological polar surface area (TPSA) is 32.7 Å². The molecule has 0 aromatic heterocycles. The summed E-state index contributed by atoms with van der Waals surface area (Å²) in [5, 5.41) is 9.84. The Balaban J connectivity index is 1.60. The molecule has 3 aliphatic rings. The zero-order valence-electron chi connectivity index (χ0n) is 11.0. The molecule has 2 aliphatic heterocycles. The predicted octanol–water partition coefficient (Wildman–Crippen LogP) is 1.93. The van der Waals surface area contributed by atoms with Gasteiger partial charge in [-0.2, -0.15) is 0 Å². The molecule has 2 saturated heterocycles. The normalized spacial score (nSPS) is 36.7. The zero-order valence-corrected chi connectivity index (χ0v) is 11.0. The first-order valence-electron chi connectivity index (χ1n) is 7.19. The van der Waals surface area contributed by atoms with Gasteiger partial charge in [0, 0.05) is 25.7 Å². The number of likely N-dealkylation sites (tertiary alicyclic amines) is 1. The minimum Gasteiger partial charge on any atom is -0.388 e. The van der Waals surface area contributed by atoms with Crippen LogP contribution in [0.1, 0.15) is 51.9 Å². The molecule has 0 radical (unpaired) electrons. The summed E-state index contributed by atoms with van der Waals surface area (Å²) in [7, 11) is 0. The summed E-state index contributed by atoms with van der Waals surface area (Å²) < 4.78 is 6.12. The minimum absolute atomic E-state index is 0.197. The molecule has 0 bridgehead atoms. The molecule has 0 amide bonds. The summed E-state index contributed by atoms with van der Waals surface area (Å²) in [6, 6.07) is 0.655. The average molecular weight is 239 g/mol. The SMILES string of the molecule is CC1(O)CN(C2CCOC3(CCCCC3)C2)C1. The number of hydrogen-bond donors (Lipinski definition) is 1. The van der Waals surface area contributed by atoms with Crippen LogP contribution in [0.15, 0.2) is 0 Å². The van der Waals surface area contributed by atoms with Gasteiger partial charge in [-0.15, -0.1) is 0 Å². The molecule has 1 atom stereocenters. The van der Waals surface area contributed by atoms with Crippen molar-refractivity contribution < 1.29 is 9.84 Å². The van der Waals surface area contributed by atoms with E-state index in [2.05, 4.69) is 4.90 Å². The first kappa shape index (κ1) is 11.9. The van der Waals surface area contributed by atoms with Crippen molar-refractivity contribution in [3.63, 3.8) is 0 Å². The molecule has 1 saturated carbocycles. The molecular weight excluding hydrogens is 214 g/mol. The second-order valence-corrected chi connectivity index (χ2v) is 6.64. The van der Waals surface area contributed by atoms with Crippen molar-refractivity contribution in [2.45, 2.75) is 69.1 Å². The van der Waals surface area contributed by atoms with Crippen molar-refractivity contribution >= 4 is 0 Å². The highest BCUT2D eigenvalue weighted by Crippen LogP contribution is 2.41. The summed E-state index contributed by atoms with van der Waals surface area (Å²) >= 11 is 0. The molecule has 3 fully saturated rings. The van der Waals surface area contributed by atoms with Gasteiger partial charge in [-0.25, -0.2) is 0 Å². The fourth-order valence-corrected chi connectivity index (χ4v) is 3.95. The molecule has 1 N–H and O–H groups in total. The van der Waals surface area contributed by atoms with Gasteiger partial charge in [0.2, 0.25) is 0 Å². The Kier molecular flexibility index (Phi) is 2.96. The lowest BCUT2D eigenvalue weighted by molar-refractivity contribution is -0.162. The number of hydrogen-bond acceptors (Lipinski definition) is 3. The van der Waals surface area contributed by atoms with Crippen molar-refractivity contribution in [1.82, 2.24) is 4.90 Å². The van der Waals surface area contributed by atoms with Crippen LogP contribution in [-0.4, -0.2) is 46.9 Å². The van der Waals surface area contributed by atoms with Crippen LogP contribution in [0, 0.1) is 0 Å². The van der Waals surface area contributed by atoms with Crippen molar-refractivity contribution in [3.05, 3.63) is 0 Å². The van der Waals surface area contributed by atoms with E-state index in [1.54, 1.807) is 0 Å². The Hall–Kier alpha value is -0.120. The monoisotopic (exact) mass is 239 g/mol. The van der Waals surface area contributed by atoms with E-state index in [1.165, 1.54) is 38.5 Å². The molecule has 1 aliphatic carbocycles. The third-order valence-corrected chi connectivity index (χ3v) is 4.84. The second-order valence-electron chi connectivity index (χ2n) is 6.64. The van der Waals surface area contributed by atoms with Crippen LogP contribution >= 0.6 is 0 Å². The molecule has 3 heteroatoms. The van der Waals surface area contributed by atoms with Gasteiger partial charge >= 0.3 is 0 Å². The first-order chi connectivity index (χ1) is 8.09. The van der Waals surface area contributed by atoms with Gasteiger partial charge in [0.25, 0.3) is 0 Å². The molecular formula is C14H25NO2. The molecule has 3 nitrogen and oxygen atoms in total. The van der Waals surface area contributed by atoms with Crippen LogP contribution < -0.4 is 0 Å². The Morgan fingerprint density at radius 3 is 2.53 bits per heavy atom. The summed E-state index contributed by atoms with van der Waals surface area (Å²) in [5.41, 5.74) is -0.235. The van der Waals surface area contributed by atoms with Crippen molar-refractivity contribution in [3.8, 4) is 0 Å². The minimum atomic E-state index is -0.433. The highest BCUT2D eigenvalue weighted by atomic mass is 16.5. The van der Waals surface area contributed by atoms with E-state index in [-0.39, 0.29) is 5.60 Å². The predicted molar refractivity (Wildman–Crippen MR) is 67.0 cm³/mol. The zero-order chi connectivity index (χ0) is 11.9. The Morgan fingerprint density at radius 1 is 1.18 bits per heavy atom. The lowest BCUT2D eigenvalue weighted by atomic mass is 9.77. The standard InChI is InChI=1S/C14H25NO2/c1-13(16)10-15(11-13)12-5-8-17-14(9-12)6-3-2-4-7-14/h12,16H,2-11H2,1H3. The Labute approximate surface area is 104 Å². The maximum absolute atomic E-state index is 9.84.